The maximum absolute atomic E-state index is 12.9. The van der Waals surface area contributed by atoms with Gasteiger partial charge >= 0.3 is 0 Å². The number of nitrogens with zero attached hydrogens (tertiary/aromatic N) is 3. The first kappa shape index (κ1) is 20.6. The topological polar surface area (TPSA) is 36.4 Å². The minimum atomic E-state index is 0.0680. The number of hydrogen-bond donors (Lipinski definition) is 0. The molecule has 0 bridgehead atoms. The van der Waals surface area contributed by atoms with Crippen LogP contribution in [0.25, 0.3) is 10.6 Å². The third kappa shape index (κ3) is 4.92. The highest BCUT2D eigenvalue weighted by Gasteiger charge is 2.20. The number of thiazole rings is 1. The van der Waals surface area contributed by atoms with Crippen LogP contribution >= 0.6 is 11.3 Å². The molecule has 1 amide bonds. The highest BCUT2D eigenvalue weighted by molar-refractivity contribution is 7.17. The lowest BCUT2D eigenvalue weighted by Crippen LogP contribution is -2.36. The summed E-state index contributed by atoms with van der Waals surface area (Å²) in [4.78, 5) is 22.4. The molecule has 0 unspecified atom stereocenters. The number of aromatic nitrogens is 1. The first-order valence-corrected chi connectivity index (χ1v) is 10.2. The van der Waals surface area contributed by atoms with E-state index in [-0.39, 0.29) is 5.91 Å². The molecule has 0 N–H and O–H groups in total. The van der Waals surface area contributed by atoms with Gasteiger partial charge in [-0.05, 0) is 37.6 Å². The summed E-state index contributed by atoms with van der Waals surface area (Å²) in [6.07, 6.45) is 0. The molecule has 0 aliphatic heterocycles. The number of amides is 1. The van der Waals surface area contributed by atoms with Gasteiger partial charge in [-0.1, -0.05) is 45.9 Å². The highest BCUT2D eigenvalue weighted by Crippen LogP contribution is 2.30. The Balaban J connectivity index is 2.16. The fourth-order valence-corrected chi connectivity index (χ4v) is 3.91. The molecule has 0 saturated heterocycles. The van der Waals surface area contributed by atoms with Crippen molar-refractivity contribution in [2.45, 2.75) is 40.5 Å². The van der Waals surface area contributed by atoms with Crippen molar-refractivity contribution in [1.82, 2.24) is 14.8 Å². The summed E-state index contributed by atoms with van der Waals surface area (Å²) in [7, 11) is 1.88. The average molecular weight is 374 g/mol. The number of likely N-dealkylation sites (N-methyl/N-ethyl adjacent to an activating group) is 2. The van der Waals surface area contributed by atoms with Crippen molar-refractivity contribution in [2.75, 3.05) is 33.2 Å². The summed E-state index contributed by atoms with van der Waals surface area (Å²) >= 11 is 1.50. The zero-order valence-electron chi connectivity index (χ0n) is 16.9. The van der Waals surface area contributed by atoms with Crippen molar-refractivity contribution < 1.29 is 4.79 Å². The minimum absolute atomic E-state index is 0.0680. The molecule has 0 atom stereocenters. The van der Waals surface area contributed by atoms with Gasteiger partial charge in [-0.15, -0.1) is 11.3 Å². The van der Waals surface area contributed by atoms with Gasteiger partial charge in [0.15, 0.2) is 0 Å². The Morgan fingerprint density at radius 2 is 1.88 bits per heavy atom. The molecule has 0 saturated carbocycles. The predicted molar refractivity (Wildman–Crippen MR) is 111 cm³/mol. The largest absolute Gasteiger partial charge is 0.340 e. The zero-order chi connectivity index (χ0) is 19.3. The second-order valence-corrected chi connectivity index (χ2v) is 7.97. The quantitative estimate of drug-likeness (QED) is 0.675. The molecule has 142 valence electrons. The molecule has 2 rings (SSSR count). The molecule has 4 nitrogen and oxygen atoms in total. The predicted octanol–water partition coefficient (Wildman–Crippen LogP) is 4.66. The highest BCUT2D eigenvalue weighted by atomic mass is 32.1. The van der Waals surface area contributed by atoms with E-state index in [1.165, 1.54) is 16.9 Å². The molecule has 0 radical (unpaired) electrons. The molecule has 2 aromatic rings. The van der Waals surface area contributed by atoms with Crippen LogP contribution in [0.1, 0.15) is 54.5 Å². The van der Waals surface area contributed by atoms with Gasteiger partial charge < -0.3 is 9.80 Å². The van der Waals surface area contributed by atoms with Gasteiger partial charge in [0.25, 0.3) is 5.91 Å². The van der Waals surface area contributed by atoms with Crippen molar-refractivity contribution in [3.8, 4) is 10.6 Å². The maximum Gasteiger partial charge on any atom is 0.265 e. The van der Waals surface area contributed by atoms with Crippen LogP contribution in [0.5, 0.6) is 0 Å². The van der Waals surface area contributed by atoms with Crippen LogP contribution < -0.4 is 0 Å². The van der Waals surface area contributed by atoms with E-state index in [1.54, 1.807) is 0 Å². The van der Waals surface area contributed by atoms with E-state index >= 15 is 0 Å². The molecule has 0 aliphatic rings. The van der Waals surface area contributed by atoms with E-state index in [2.05, 4.69) is 61.8 Å². The van der Waals surface area contributed by atoms with Crippen LogP contribution in [-0.2, 0) is 0 Å². The lowest BCUT2D eigenvalue weighted by molar-refractivity contribution is 0.0783. The van der Waals surface area contributed by atoms with Crippen LogP contribution in [0.4, 0.5) is 0 Å². The van der Waals surface area contributed by atoms with E-state index in [4.69, 9.17) is 0 Å². The lowest BCUT2D eigenvalue weighted by Gasteiger charge is -2.22. The number of carbonyl (C=O) groups is 1. The van der Waals surface area contributed by atoms with Crippen molar-refractivity contribution in [2.24, 2.45) is 0 Å². The number of benzene rings is 1. The van der Waals surface area contributed by atoms with Crippen LogP contribution in [0, 0.1) is 6.92 Å². The maximum atomic E-state index is 12.9. The first-order valence-electron chi connectivity index (χ1n) is 9.42. The first-order chi connectivity index (χ1) is 12.4. The Morgan fingerprint density at radius 3 is 2.50 bits per heavy atom. The molecule has 0 aliphatic carbocycles. The molecule has 5 heteroatoms. The SMILES string of the molecule is CCN(CC)CCN(C)C(=O)c1sc(-c2cccc(C(C)C)c2)nc1C. The standard InChI is InChI=1S/C21H31N3OS/c1-7-24(8-2)13-12-23(6)21(25)19-16(5)22-20(26-19)18-11-9-10-17(14-18)15(3)4/h9-11,14-15H,7-8,12-13H2,1-6H3. The summed E-state index contributed by atoms with van der Waals surface area (Å²) in [5, 5.41) is 0.922. The number of hydrogen-bond acceptors (Lipinski definition) is 4. The van der Waals surface area contributed by atoms with Crippen LogP contribution in [0.3, 0.4) is 0 Å². The number of carbonyl (C=O) groups excluding carboxylic acids is 1. The van der Waals surface area contributed by atoms with Crippen LogP contribution in [-0.4, -0.2) is 53.9 Å². The van der Waals surface area contributed by atoms with E-state index in [0.717, 1.165) is 47.3 Å². The van der Waals surface area contributed by atoms with Crippen molar-refractivity contribution in [3.05, 3.63) is 40.4 Å². The average Bonchev–Trinajstić information content (AvgIpc) is 3.03. The smallest absolute Gasteiger partial charge is 0.265 e. The van der Waals surface area contributed by atoms with Gasteiger partial charge in [0, 0.05) is 25.7 Å². The summed E-state index contributed by atoms with van der Waals surface area (Å²) in [6, 6.07) is 8.46. The second-order valence-electron chi connectivity index (χ2n) is 6.97. The second kappa shape index (κ2) is 9.28. The van der Waals surface area contributed by atoms with Crippen LogP contribution in [0.15, 0.2) is 24.3 Å². The molecule has 1 aromatic heterocycles. The van der Waals surface area contributed by atoms with Crippen LogP contribution in [0.2, 0.25) is 0 Å². The fraction of sp³-hybridized carbons (Fsp3) is 0.524. The Bertz CT molecular complexity index is 735. The van der Waals surface area contributed by atoms with E-state index < -0.39 is 0 Å². The van der Waals surface area contributed by atoms with Crippen molar-refractivity contribution in [3.63, 3.8) is 0 Å². The van der Waals surface area contributed by atoms with Crippen molar-refractivity contribution >= 4 is 17.2 Å². The summed E-state index contributed by atoms with van der Waals surface area (Å²) in [6.45, 7) is 14.2. The monoisotopic (exact) mass is 373 g/mol. The molecular weight excluding hydrogens is 342 g/mol. The fourth-order valence-electron chi connectivity index (χ4n) is 2.86. The molecule has 1 heterocycles. The zero-order valence-corrected chi connectivity index (χ0v) is 17.7. The van der Waals surface area contributed by atoms with Crippen molar-refractivity contribution in [1.29, 1.82) is 0 Å². The van der Waals surface area contributed by atoms with Gasteiger partial charge in [-0.3, -0.25) is 4.79 Å². The normalized spacial score (nSPS) is 11.4. The summed E-state index contributed by atoms with van der Waals surface area (Å²) < 4.78 is 0. The summed E-state index contributed by atoms with van der Waals surface area (Å²) in [5.74, 6) is 0.543. The Hall–Kier alpha value is -1.72. The minimum Gasteiger partial charge on any atom is -0.340 e. The van der Waals surface area contributed by atoms with Gasteiger partial charge in [-0.2, -0.15) is 0 Å². The van der Waals surface area contributed by atoms with Gasteiger partial charge in [0.05, 0.1) is 5.69 Å². The molecule has 0 fully saturated rings. The summed E-state index contributed by atoms with van der Waals surface area (Å²) in [5.41, 5.74) is 3.20. The van der Waals surface area contributed by atoms with E-state index in [1.807, 2.05) is 18.9 Å². The molecule has 1 aromatic carbocycles. The Kier molecular flexibility index (Phi) is 7.35. The Labute approximate surface area is 161 Å². The third-order valence-corrected chi connectivity index (χ3v) is 5.98. The number of aryl methyl sites for hydroxylation is 1. The molecule has 26 heavy (non-hydrogen) atoms. The van der Waals surface area contributed by atoms with Gasteiger partial charge in [0.1, 0.15) is 9.88 Å². The third-order valence-electron chi connectivity index (χ3n) is 4.78. The molecule has 0 spiro atoms. The van der Waals surface area contributed by atoms with E-state index in [9.17, 15) is 4.79 Å². The van der Waals surface area contributed by atoms with Gasteiger partial charge in [-0.25, -0.2) is 4.98 Å². The van der Waals surface area contributed by atoms with E-state index in [0.29, 0.717) is 5.92 Å². The number of rotatable bonds is 8. The van der Waals surface area contributed by atoms with Gasteiger partial charge in [0.2, 0.25) is 0 Å². The lowest BCUT2D eigenvalue weighted by atomic mass is 10.0. The Morgan fingerprint density at radius 1 is 1.19 bits per heavy atom. The molecular formula is C21H31N3OS.